The predicted octanol–water partition coefficient (Wildman–Crippen LogP) is 4.17. The van der Waals surface area contributed by atoms with Gasteiger partial charge < -0.3 is 11.1 Å². The van der Waals surface area contributed by atoms with Crippen LogP contribution in [0.4, 0.5) is 10.1 Å². The molecule has 4 N–H and O–H groups in total. The van der Waals surface area contributed by atoms with Crippen molar-refractivity contribution < 1.29 is 17.6 Å². The van der Waals surface area contributed by atoms with Crippen LogP contribution in [0.2, 0.25) is 5.02 Å². The lowest BCUT2D eigenvalue weighted by Crippen LogP contribution is -2.46. The smallest absolute Gasteiger partial charge is 0.240 e. The highest BCUT2D eigenvalue weighted by Crippen LogP contribution is 2.37. The molecule has 0 spiro atoms. The summed E-state index contributed by atoms with van der Waals surface area (Å²) in [5, 5.41) is 3.30. The molecule has 3 rings (SSSR count). The fourth-order valence-corrected chi connectivity index (χ4v) is 5.24. The summed E-state index contributed by atoms with van der Waals surface area (Å²) in [4.78, 5) is 13.0. The number of nitrogen functional groups attached to an aromatic ring is 1. The van der Waals surface area contributed by atoms with Crippen LogP contribution < -0.4 is 15.8 Å². The van der Waals surface area contributed by atoms with Gasteiger partial charge in [0.25, 0.3) is 0 Å². The SMILES string of the molecule is CC(NC(=O)C1(C)CCC(NS(=O)(=O)c2ccc(Cl)c(N)c2)CC1)c1ccc(F)cc1. The van der Waals surface area contributed by atoms with Crippen LogP contribution in [0.25, 0.3) is 0 Å². The molecule has 0 aliphatic heterocycles. The minimum absolute atomic E-state index is 0.0635. The maximum absolute atomic E-state index is 13.1. The van der Waals surface area contributed by atoms with Gasteiger partial charge in [0, 0.05) is 11.5 Å². The molecule has 1 atom stereocenters. The number of rotatable bonds is 6. The van der Waals surface area contributed by atoms with E-state index in [1.54, 1.807) is 12.1 Å². The molecule has 6 nitrogen and oxygen atoms in total. The van der Waals surface area contributed by atoms with Crippen LogP contribution in [-0.2, 0) is 14.8 Å². The first kappa shape index (κ1) is 23.5. The summed E-state index contributed by atoms with van der Waals surface area (Å²) < 4.78 is 41.2. The van der Waals surface area contributed by atoms with Crippen molar-refractivity contribution in [2.24, 2.45) is 5.41 Å². The Morgan fingerprint density at radius 3 is 2.39 bits per heavy atom. The van der Waals surface area contributed by atoms with Crippen LogP contribution in [0.1, 0.15) is 51.1 Å². The first-order valence-corrected chi connectivity index (χ1v) is 12.0. The number of hydrogen-bond acceptors (Lipinski definition) is 4. The van der Waals surface area contributed by atoms with Crippen LogP contribution in [0.3, 0.4) is 0 Å². The van der Waals surface area contributed by atoms with E-state index in [1.807, 2.05) is 13.8 Å². The van der Waals surface area contributed by atoms with E-state index < -0.39 is 15.4 Å². The lowest BCUT2D eigenvalue weighted by atomic mass is 9.73. The number of amides is 1. The second-order valence-electron chi connectivity index (χ2n) is 8.39. The van der Waals surface area contributed by atoms with Crippen LogP contribution in [-0.4, -0.2) is 20.4 Å². The van der Waals surface area contributed by atoms with Gasteiger partial charge in [-0.15, -0.1) is 0 Å². The van der Waals surface area contributed by atoms with Crippen molar-refractivity contribution in [2.45, 2.75) is 56.5 Å². The molecule has 168 valence electrons. The Morgan fingerprint density at radius 1 is 1.19 bits per heavy atom. The van der Waals surface area contributed by atoms with E-state index >= 15 is 0 Å². The molecule has 1 saturated carbocycles. The third-order valence-electron chi connectivity index (χ3n) is 5.95. The molecule has 31 heavy (non-hydrogen) atoms. The predicted molar refractivity (Wildman–Crippen MR) is 120 cm³/mol. The van der Waals surface area contributed by atoms with Gasteiger partial charge in [0.1, 0.15) is 5.82 Å². The number of benzene rings is 2. The van der Waals surface area contributed by atoms with E-state index in [2.05, 4.69) is 10.0 Å². The van der Waals surface area contributed by atoms with Crippen molar-refractivity contribution in [3.05, 3.63) is 58.9 Å². The molecular formula is C22H27ClFN3O3S. The van der Waals surface area contributed by atoms with Gasteiger partial charge in [0.15, 0.2) is 0 Å². The Labute approximate surface area is 187 Å². The third-order valence-corrected chi connectivity index (χ3v) is 7.82. The number of carbonyl (C=O) groups excluding carboxylic acids is 1. The van der Waals surface area contributed by atoms with E-state index in [0.29, 0.717) is 30.7 Å². The lowest BCUT2D eigenvalue weighted by Gasteiger charge is -2.37. The van der Waals surface area contributed by atoms with Gasteiger partial charge in [-0.1, -0.05) is 30.7 Å². The van der Waals surface area contributed by atoms with E-state index in [-0.39, 0.29) is 34.4 Å². The molecule has 1 fully saturated rings. The maximum atomic E-state index is 13.1. The fourth-order valence-electron chi connectivity index (χ4n) is 3.78. The van der Waals surface area contributed by atoms with Crippen molar-refractivity contribution in [3.8, 4) is 0 Å². The van der Waals surface area contributed by atoms with Crippen molar-refractivity contribution in [1.82, 2.24) is 10.0 Å². The number of anilines is 1. The minimum atomic E-state index is -3.74. The zero-order chi connectivity index (χ0) is 22.8. The average molecular weight is 468 g/mol. The molecule has 0 radical (unpaired) electrons. The molecule has 0 saturated heterocycles. The molecule has 2 aromatic rings. The third kappa shape index (κ3) is 5.56. The van der Waals surface area contributed by atoms with Crippen molar-refractivity contribution in [3.63, 3.8) is 0 Å². The van der Waals surface area contributed by atoms with E-state index in [0.717, 1.165) is 5.56 Å². The highest BCUT2D eigenvalue weighted by molar-refractivity contribution is 7.89. The quantitative estimate of drug-likeness (QED) is 0.555. The first-order chi connectivity index (χ1) is 14.5. The van der Waals surface area contributed by atoms with Gasteiger partial charge in [-0.25, -0.2) is 17.5 Å². The zero-order valence-corrected chi connectivity index (χ0v) is 19.1. The van der Waals surface area contributed by atoms with Gasteiger partial charge in [-0.05, 0) is 68.5 Å². The summed E-state index contributed by atoms with van der Waals surface area (Å²) in [7, 11) is -3.74. The Kier molecular flexibility index (Phi) is 6.93. The Hall–Kier alpha value is -2.16. The van der Waals surface area contributed by atoms with Crippen LogP contribution in [0, 0.1) is 11.2 Å². The highest BCUT2D eigenvalue weighted by atomic mass is 35.5. The molecule has 1 aliphatic rings. The number of hydrogen-bond donors (Lipinski definition) is 3. The highest BCUT2D eigenvalue weighted by Gasteiger charge is 2.39. The van der Waals surface area contributed by atoms with E-state index in [9.17, 15) is 17.6 Å². The van der Waals surface area contributed by atoms with Gasteiger partial charge in [0.05, 0.1) is 21.6 Å². The summed E-state index contributed by atoms with van der Waals surface area (Å²) >= 11 is 5.87. The largest absolute Gasteiger partial charge is 0.397 e. The topological polar surface area (TPSA) is 101 Å². The molecule has 1 aliphatic carbocycles. The van der Waals surface area contributed by atoms with Crippen LogP contribution >= 0.6 is 11.6 Å². The molecule has 0 aromatic heterocycles. The standard InChI is InChI=1S/C22H27ClFN3O3S/c1-14(15-3-5-16(24)6-4-15)26-21(28)22(2)11-9-17(10-12-22)27-31(29,30)18-7-8-19(23)20(25)13-18/h3-8,13-14,17,27H,9-12,25H2,1-2H3,(H,26,28). The van der Waals surface area contributed by atoms with Crippen LogP contribution in [0.15, 0.2) is 47.4 Å². The molecule has 0 bridgehead atoms. The number of sulfonamides is 1. The number of nitrogens with one attached hydrogen (secondary N) is 2. The average Bonchev–Trinajstić information content (AvgIpc) is 2.72. The first-order valence-electron chi connectivity index (χ1n) is 10.1. The number of nitrogens with two attached hydrogens (primary N) is 1. The number of carbonyl (C=O) groups is 1. The Bertz CT molecular complexity index is 1050. The van der Waals surface area contributed by atoms with Crippen LogP contribution in [0.5, 0.6) is 0 Å². The summed E-state index contributed by atoms with van der Waals surface area (Å²) in [5.74, 6) is -0.410. The monoisotopic (exact) mass is 467 g/mol. The maximum Gasteiger partial charge on any atom is 0.240 e. The van der Waals surface area contributed by atoms with Crippen molar-refractivity contribution in [2.75, 3.05) is 5.73 Å². The van der Waals surface area contributed by atoms with Gasteiger partial charge in [0.2, 0.25) is 15.9 Å². The van der Waals surface area contributed by atoms with Gasteiger partial charge in [-0.3, -0.25) is 4.79 Å². The summed E-state index contributed by atoms with van der Waals surface area (Å²) in [6, 6.07) is 9.72. The lowest BCUT2D eigenvalue weighted by molar-refractivity contribution is -0.132. The fraction of sp³-hybridized carbons (Fsp3) is 0.409. The van der Waals surface area contributed by atoms with E-state index in [4.69, 9.17) is 17.3 Å². The summed E-state index contributed by atoms with van der Waals surface area (Å²) in [6.07, 6.45) is 2.17. The minimum Gasteiger partial charge on any atom is -0.397 e. The molecule has 9 heteroatoms. The number of halogens is 2. The summed E-state index contributed by atoms with van der Waals surface area (Å²) in [6.45, 7) is 3.75. The normalized spacial score (nSPS) is 22.6. The molecule has 0 heterocycles. The molecule has 1 amide bonds. The Balaban J connectivity index is 1.59. The van der Waals surface area contributed by atoms with E-state index in [1.165, 1.54) is 30.3 Å². The molecule has 1 unspecified atom stereocenters. The second kappa shape index (κ2) is 9.14. The van der Waals surface area contributed by atoms with Gasteiger partial charge >= 0.3 is 0 Å². The molecular weight excluding hydrogens is 441 g/mol. The van der Waals surface area contributed by atoms with Crippen molar-refractivity contribution in [1.29, 1.82) is 0 Å². The second-order valence-corrected chi connectivity index (χ2v) is 10.5. The van der Waals surface area contributed by atoms with Crippen molar-refractivity contribution >= 4 is 33.2 Å². The molecule has 2 aromatic carbocycles. The Morgan fingerprint density at radius 2 is 1.81 bits per heavy atom. The zero-order valence-electron chi connectivity index (χ0n) is 17.5. The summed E-state index contributed by atoms with van der Waals surface area (Å²) in [5.41, 5.74) is 6.15. The van der Waals surface area contributed by atoms with Gasteiger partial charge in [-0.2, -0.15) is 0 Å².